The Hall–Kier alpha value is -0.570. The second-order valence-corrected chi connectivity index (χ2v) is 11.1. The molecule has 9 atom stereocenters. The van der Waals surface area contributed by atoms with Crippen LogP contribution in [0.3, 0.4) is 0 Å². The Labute approximate surface area is 165 Å². The molecule has 27 heavy (non-hydrogen) atoms. The number of carbonyl (C=O) groups is 1. The number of rotatable bonds is 4. The van der Waals surface area contributed by atoms with E-state index in [1.54, 1.807) is 0 Å². The summed E-state index contributed by atoms with van der Waals surface area (Å²) in [4.78, 5) is 11.0. The third-order valence-corrected chi connectivity index (χ3v) is 10.3. The smallest absolute Gasteiger partial charge is 0.303 e. The molecule has 0 aromatic rings. The SMILES string of the molecule is C[C@H](CCC(=O)O)[C@H]1CC[C@H]2[C@@H]3CC[C@@H]4CCCC(O)[C@]4(C)[C@H]3CC[C@]12C. The van der Waals surface area contributed by atoms with Crippen molar-refractivity contribution in [2.75, 3.05) is 0 Å². The zero-order valence-corrected chi connectivity index (χ0v) is 17.6. The highest BCUT2D eigenvalue weighted by Gasteiger charge is 2.61. The topological polar surface area (TPSA) is 57.5 Å². The molecule has 0 aromatic carbocycles. The van der Waals surface area contributed by atoms with Gasteiger partial charge in [-0.05, 0) is 104 Å². The predicted octanol–water partition coefficient (Wildman–Crippen LogP) is 5.51. The van der Waals surface area contributed by atoms with Crippen LogP contribution in [0.25, 0.3) is 0 Å². The van der Waals surface area contributed by atoms with Gasteiger partial charge >= 0.3 is 5.97 Å². The van der Waals surface area contributed by atoms with Gasteiger partial charge in [0.2, 0.25) is 0 Å². The van der Waals surface area contributed by atoms with Gasteiger partial charge in [-0.2, -0.15) is 0 Å². The van der Waals surface area contributed by atoms with Crippen molar-refractivity contribution in [2.45, 2.75) is 97.5 Å². The van der Waals surface area contributed by atoms with Gasteiger partial charge in [0.15, 0.2) is 0 Å². The molecule has 0 heterocycles. The monoisotopic (exact) mass is 376 g/mol. The summed E-state index contributed by atoms with van der Waals surface area (Å²) in [6, 6.07) is 0. The molecule has 0 amide bonds. The van der Waals surface area contributed by atoms with E-state index in [2.05, 4.69) is 20.8 Å². The van der Waals surface area contributed by atoms with E-state index in [4.69, 9.17) is 5.11 Å². The average Bonchev–Trinajstić information content (AvgIpc) is 2.98. The second kappa shape index (κ2) is 7.04. The Morgan fingerprint density at radius 3 is 2.56 bits per heavy atom. The summed E-state index contributed by atoms with van der Waals surface area (Å²) in [5, 5.41) is 20.1. The van der Waals surface area contributed by atoms with Gasteiger partial charge in [0.05, 0.1) is 6.10 Å². The molecule has 1 unspecified atom stereocenters. The number of carboxylic acid groups (broad SMARTS) is 1. The van der Waals surface area contributed by atoms with Crippen LogP contribution in [0.2, 0.25) is 0 Å². The molecule has 0 saturated heterocycles. The number of fused-ring (bicyclic) bond motifs is 5. The minimum atomic E-state index is -0.650. The van der Waals surface area contributed by atoms with Gasteiger partial charge in [-0.25, -0.2) is 0 Å². The highest BCUT2D eigenvalue weighted by atomic mass is 16.4. The lowest BCUT2D eigenvalue weighted by Crippen LogP contribution is -2.57. The van der Waals surface area contributed by atoms with Crippen LogP contribution >= 0.6 is 0 Å². The van der Waals surface area contributed by atoms with Gasteiger partial charge in [-0.1, -0.05) is 27.2 Å². The second-order valence-electron chi connectivity index (χ2n) is 11.1. The lowest BCUT2D eigenvalue weighted by molar-refractivity contribution is -0.164. The molecule has 0 radical (unpaired) electrons. The van der Waals surface area contributed by atoms with Crippen LogP contribution < -0.4 is 0 Å². The zero-order chi connectivity index (χ0) is 19.4. The van der Waals surface area contributed by atoms with Crippen molar-refractivity contribution < 1.29 is 15.0 Å². The van der Waals surface area contributed by atoms with Crippen LogP contribution in [0.15, 0.2) is 0 Å². The number of carboxylic acids is 1. The number of aliphatic hydroxyl groups excluding tert-OH is 1. The predicted molar refractivity (Wildman–Crippen MR) is 107 cm³/mol. The number of hydrogen-bond acceptors (Lipinski definition) is 2. The van der Waals surface area contributed by atoms with Gasteiger partial charge < -0.3 is 10.2 Å². The molecule has 3 heteroatoms. The summed E-state index contributed by atoms with van der Waals surface area (Å²) in [6.45, 7) is 7.27. The number of aliphatic carboxylic acids is 1. The molecule has 154 valence electrons. The van der Waals surface area contributed by atoms with Crippen molar-refractivity contribution in [1.82, 2.24) is 0 Å². The van der Waals surface area contributed by atoms with Crippen molar-refractivity contribution in [3.63, 3.8) is 0 Å². The van der Waals surface area contributed by atoms with Crippen molar-refractivity contribution in [3.05, 3.63) is 0 Å². The van der Waals surface area contributed by atoms with Crippen LogP contribution in [0.1, 0.15) is 91.4 Å². The first-order chi connectivity index (χ1) is 12.8. The van der Waals surface area contributed by atoms with Crippen LogP contribution in [0, 0.1) is 46.3 Å². The summed E-state index contributed by atoms with van der Waals surface area (Å²) in [6.07, 6.45) is 12.5. The minimum Gasteiger partial charge on any atom is -0.481 e. The highest BCUT2D eigenvalue weighted by Crippen LogP contribution is 2.68. The van der Waals surface area contributed by atoms with Gasteiger partial charge in [-0.3, -0.25) is 4.79 Å². The van der Waals surface area contributed by atoms with Gasteiger partial charge in [0.25, 0.3) is 0 Å². The van der Waals surface area contributed by atoms with E-state index in [1.165, 1.54) is 51.4 Å². The molecular weight excluding hydrogens is 336 g/mol. The fourth-order valence-corrected chi connectivity index (χ4v) is 8.84. The first kappa shape index (κ1) is 19.7. The minimum absolute atomic E-state index is 0.0971. The van der Waals surface area contributed by atoms with Crippen LogP contribution in [-0.2, 0) is 4.79 Å². The highest BCUT2D eigenvalue weighted by molar-refractivity contribution is 5.66. The summed E-state index contributed by atoms with van der Waals surface area (Å²) >= 11 is 0. The van der Waals surface area contributed by atoms with Gasteiger partial charge in [0.1, 0.15) is 0 Å². The van der Waals surface area contributed by atoms with Crippen molar-refractivity contribution in [1.29, 1.82) is 0 Å². The summed E-state index contributed by atoms with van der Waals surface area (Å²) < 4.78 is 0. The molecular formula is C24H40O3. The Morgan fingerprint density at radius 1 is 1.04 bits per heavy atom. The quantitative estimate of drug-likeness (QED) is 0.680. The average molecular weight is 377 g/mol. The van der Waals surface area contributed by atoms with E-state index < -0.39 is 5.97 Å². The molecule has 2 N–H and O–H groups in total. The van der Waals surface area contributed by atoms with Crippen molar-refractivity contribution >= 4 is 5.97 Å². The van der Waals surface area contributed by atoms with E-state index >= 15 is 0 Å². The number of hydrogen-bond donors (Lipinski definition) is 2. The molecule has 0 aromatic heterocycles. The van der Waals surface area contributed by atoms with Crippen molar-refractivity contribution in [2.24, 2.45) is 46.3 Å². The van der Waals surface area contributed by atoms with E-state index in [9.17, 15) is 9.90 Å². The molecule has 4 aliphatic rings. The lowest BCUT2D eigenvalue weighted by Gasteiger charge is -2.62. The van der Waals surface area contributed by atoms with E-state index in [0.717, 1.165) is 30.6 Å². The summed E-state index contributed by atoms with van der Waals surface area (Å²) in [5.74, 6) is 3.57. The largest absolute Gasteiger partial charge is 0.481 e. The Morgan fingerprint density at radius 2 is 1.81 bits per heavy atom. The molecule has 0 spiro atoms. The molecule has 4 rings (SSSR count). The molecule has 0 aliphatic heterocycles. The third kappa shape index (κ3) is 2.98. The van der Waals surface area contributed by atoms with Crippen molar-refractivity contribution in [3.8, 4) is 0 Å². The molecule has 4 aliphatic carbocycles. The fraction of sp³-hybridized carbons (Fsp3) is 0.958. The normalized spacial score (nSPS) is 50.4. The number of aliphatic hydroxyl groups is 1. The maximum absolute atomic E-state index is 11.0. The van der Waals surface area contributed by atoms with Gasteiger partial charge in [-0.15, -0.1) is 0 Å². The lowest BCUT2D eigenvalue weighted by atomic mass is 9.44. The van der Waals surface area contributed by atoms with E-state index in [0.29, 0.717) is 29.6 Å². The summed E-state index contributed by atoms with van der Waals surface area (Å²) in [7, 11) is 0. The third-order valence-electron chi connectivity index (χ3n) is 10.3. The van der Waals surface area contributed by atoms with E-state index in [-0.39, 0.29) is 11.5 Å². The van der Waals surface area contributed by atoms with Crippen LogP contribution in [0.5, 0.6) is 0 Å². The molecule has 3 nitrogen and oxygen atoms in total. The molecule has 4 fully saturated rings. The van der Waals surface area contributed by atoms with Crippen LogP contribution in [0.4, 0.5) is 0 Å². The Bertz CT molecular complexity index is 574. The molecule has 4 saturated carbocycles. The Balaban J connectivity index is 1.54. The molecule has 0 bridgehead atoms. The fourth-order valence-electron chi connectivity index (χ4n) is 8.84. The Kier molecular flexibility index (Phi) is 5.15. The summed E-state index contributed by atoms with van der Waals surface area (Å²) in [5.41, 5.74) is 0.539. The standard InChI is InChI=1S/C24H40O3/c1-15(7-12-22(26)27)18-10-11-19-17-9-8-16-5-4-6-21(25)24(16,3)20(17)13-14-23(18,19)2/h15-21,25H,4-14H2,1-3H3,(H,26,27)/t15-,16+,17+,18-,19+,20+,21?,23-,24+/m1/s1. The first-order valence-corrected chi connectivity index (χ1v) is 11.7. The maximum Gasteiger partial charge on any atom is 0.303 e. The maximum atomic E-state index is 11.0. The zero-order valence-electron chi connectivity index (χ0n) is 17.6. The van der Waals surface area contributed by atoms with E-state index in [1.807, 2.05) is 0 Å². The van der Waals surface area contributed by atoms with Crippen LogP contribution in [-0.4, -0.2) is 22.3 Å². The first-order valence-electron chi connectivity index (χ1n) is 11.7. The van der Waals surface area contributed by atoms with Gasteiger partial charge in [0, 0.05) is 6.42 Å².